The van der Waals surface area contributed by atoms with Gasteiger partial charge in [0.15, 0.2) is 5.11 Å². The lowest BCUT2D eigenvalue weighted by Gasteiger charge is -2.32. The van der Waals surface area contributed by atoms with Crippen LogP contribution in [0.25, 0.3) is 0 Å². The predicted octanol–water partition coefficient (Wildman–Crippen LogP) is 4.82. The molecule has 0 aliphatic heterocycles. The summed E-state index contributed by atoms with van der Waals surface area (Å²) in [4.78, 5) is 2.18. The number of nitrogens with zero attached hydrogens (tertiary/aromatic N) is 1. The summed E-state index contributed by atoms with van der Waals surface area (Å²) in [6.07, 6.45) is 2.49. The molecule has 0 saturated heterocycles. The number of anilines is 1. The molecule has 4 heteroatoms. The van der Waals surface area contributed by atoms with Crippen LogP contribution in [0, 0.1) is 11.7 Å². The van der Waals surface area contributed by atoms with Gasteiger partial charge >= 0.3 is 0 Å². The van der Waals surface area contributed by atoms with Crippen LogP contribution in [-0.2, 0) is 6.54 Å². The fourth-order valence-electron chi connectivity index (χ4n) is 2.76. The number of hydrogen-bond donors (Lipinski definition) is 1. The Bertz CT molecular complexity index is 670. The van der Waals surface area contributed by atoms with Crippen LogP contribution in [0.3, 0.4) is 0 Å². The van der Waals surface area contributed by atoms with E-state index in [2.05, 4.69) is 29.3 Å². The molecule has 1 fully saturated rings. The lowest BCUT2D eigenvalue weighted by atomic mass is 10.1. The number of benzene rings is 2. The number of thiocarbonyl (C=S) groups is 1. The summed E-state index contributed by atoms with van der Waals surface area (Å²) in [6.45, 7) is 2.94. The molecule has 2 aromatic rings. The molecule has 1 aliphatic carbocycles. The van der Waals surface area contributed by atoms with Crippen molar-refractivity contribution in [3.63, 3.8) is 0 Å². The minimum Gasteiger partial charge on any atom is -0.342 e. The smallest absolute Gasteiger partial charge is 0.174 e. The van der Waals surface area contributed by atoms with Gasteiger partial charge in [0.1, 0.15) is 5.82 Å². The molecule has 0 spiro atoms. The fraction of sp³-hybridized carbons (Fsp3) is 0.316. The zero-order valence-electron chi connectivity index (χ0n) is 13.2. The third-order valence-electron chi connectivity index (χ3n) is 4.37. The molecule has 2 nitrogen and oxygen atoms in total. The molecule has 1 N–H and O–H groups in total. The third kappa shape index (κ3) is 4.08. The van der Waals surface area contributed by atoms with Gasteiger partial charge in [-0.1, -0.05) is 42.5 Å². The summed E-state index contributed by atoms with van der Waals surface area (Å²) in [6, 6.07) is 17.2. The predicted molar refractivity (Wildman–Crippen MR) is 96.8 cm³/mol. The fourth-order valence-corrected chi connectivity index (χ4v) is 3.10. The van der Waals surface area contributed by atoms with Crippen LogP contribution < -0.4 is 5.32 Å². The van der Waals surface area contributed by atoms with Crippen LogP contribution in [0.4, 0.5) is 10.1 Å². The molecule has 0 heterocycles. The van der Waals surface area contributed by atoms with Crippen molar-refractivity contribution in [3.8, 4) is 0 Å². The average Bonchev–Trinajstić information content (AvgIpc) is 3.40. The van der Waals surface area contributed by atoms with Gasteiger partial charge in [-0.25, -0.2) is 4.39 Å². The zero-order valence-corrected chi connectivity index (χ0v) is 14.0. The van der Waals surface area contributed by atoms with Crippen molar-refractivity contribution in [2.24, 2.45) is 5.92 Å². The molecule has 1 atom stereocenters. The number of hydrogen-bond acceptors (Lipinski definition) is 1. The molecule has 1 saturated carbocycles. The van der Waals surface area contributed by atoms with Crippen molar-refractivity contribution in [3.05, 3.63) is 66.0 Å². The zero-order chi connectivity index (χ0) is 16.2. The van der Waals surface area contributed by atoms with Gasteiger partial charge in [-0.2, -0.15) is 0 Å². The maximum absolute atomic E-state index is 13.9. The number of nitrogens with one attached hydrogen (secondary N) is 1. The van der Waals surface area contributed by atoms with E-state index in [9.17, 15) is 4.39 Å². The highest BCUT2D eigenvalue weighted by molar-refractivity contribution is 7.80. The molecule has 0 bridgehead atoms. The van der Waals surface area contributed by atoms with Crippen LogP contribution in [0.5, 0.6) is 0 Å². The van der Waals surface area contributed by atoms with Crippen molar-refractivity contribution >= 4 is 23.0 Å². The van der Waals surface area contributed by atoms with Crippen molar-refractivity contribution in [1.29, 1.82) is 0 Å². The van der Waals surface area contributed by atoms with E-state index in [0.717, 1.165) is 6.54 Å². The highest BCUT2D eigenvalue weighted by Crippen LogP contribution is 2.36. The molecule has 0 aromatic heterocycles. The van der Waals surface area contributed by atoms with Crippen LogP contribution in [0.15, 0.2) is 54.6 Å². The van der Waals surface area contributed by atoms with Gasteiger partial charge < -0.3 is 10.2 Å². The first-order chi connectivity index (χ1) is 11.1. The molecule has 0 amide bonds. The first kappa shape index (κ1) is 15.9. The third-order valence-corrected chi connectivity index (χ3v) is 4.70. The van der Waals surface area contributed by atoms with Gasteiger partial charge in [0, 0.05) is 12.6 Å². The SMILES string of the molecule is CC(C1CC1)N(Cc1ccccc1)C(=S)Nc1ccccc1F. The second-order valence-corrected chi connectivity index (χ2v) is 6.49. The highest BCUT2D eigenvalue weighted by atomic mass is 32.1. The Hall–Kier alpha value is -1.94. The minimum atomic E-state index is -0.284. The van der Waals surface area contributed by atoms with Crippen LogP contribution in [-0.4, -0.2) is 16.1 Å². The molecule has 3 rings (SSSR count). The number of para-hydroxylation sites is 1. The van der Waals surface area contributed by atoms with Crippen molar-refractivity contribution in [2.45, 2.75) is 32.4 Å². The summed E-state index contributed by atoms with van der Waals surface area (Å²) in [7, 11) is 0. The Morgan fingerprint density at radius 1 is 1.17 bits per heavy atom. The molecular weight excluding hydrogens is 307 g/mol. The van der Waals surface area contributed by atoms with E-state index in [0.29, 0.717) is 22.8 Å². The van der Waals surface area contributed by atoms with Gasteiger partial charge in [0.2, 0.25) is 0 Å². The molecule has 1 aliphatic rings. The standard InChI is InChI=1S/C19H21FN2S/c1-14(16-11-12-16)22(13-15-7-3-2-4-8-15)19(23)21-18-10-6-5-9-17(18)20/h2-10,14,16H,11-13H2,1H3,(H,21,23). The Kier molecular flexibility index (Phi) is 4.91. The van der Waals surface area contributed by atoms with Gasteiger partial charge in [-0.05, 0) is 55.6 Å². The normalized spacial score (nSPS) is 15.0. The maximum Gasteiger partial charge on any atom is 0.174 e. The lowest BCUT2D eigenvalue weighted by molar-refractivity contribution is 0.298. The minimum absolute atomic E-state index is 0.284. The van der Waals surface area contributed by atoms with E-state index >= 15 is 0 Å². The van der Waals surface area contributed by atoms with Crippen LogP contribution in [0.1, 0.15) is 25.3 Å². The van der Waals surface area contributed by atoms with E-state index in [4.69, 9.17) is 12.2 Å². The molecular formula is C19H21FN2S. The van der Waals surface area contributed by atoms with E-state index in [1.807, 2.05) is 18.2 Å². The highest BCUT2D eigenvalue weighted by Gasteiger charge is 2.33. The van der Waals surface area contributed by atoms with E-state index < -0.39 is 0 Å². The summed E-state index contributed by atoms with van der Waals surface area (Å²) in [5, 5.41) is 3.66. The molecule has 1 unspecified atom stereocenters. The Morgan fingerprint density at radius 2 is 1.83 bits per heavy atom. The number of halogens is 1. The van der Waals surface area contributed by atoms with E-state index in [1.165, 1.54) is 24.5 Å². The topological polar surface area (TPSA) is 15.3 Å². The summed E-state index contributed by atoms with van der Waals surface area (Å²) in [5.41, 5.74) is 1.64. The lowest BCUT2D eigenvalue weighted by Crippen LogP contribution is -2.42. The van der Waals surface area contributed by atoms with Crippen molar-refractivity contribution in [2.75, 3.05) is 5.32 Å². The quantitative estimate of drug-likeness (QED) is 0.792. The van der Waals surface area contributed by atoms with Crippen LogP contribution >= 0.6 is 12.2 Å². The van der Waals surface area contributed by atoms with E-state index in [-0.39, 0.29) is 5.82 Å². The van der Waals surface area contributed by atoms with Gasteiger partial charge in [-0.3, -0.25) is 0 Å². The van der Waals surface area contributed by atoms with Gasteiger partial charge in [0.25, 0.3) is 0 Å². The monoisotopic (exact) mass is 328 g/mol. The van der Waals surface area contributed by atoms with Gasteiger partial charge in [0.05, 0.1) is 5.69 Å². The summed E-state index contributed by atoms with van der Waals surface area (Å²) < 4.78 is 13.9. The molecule has 23 heavy (non-hydrogen) atoms. The summed E-state index contributed by atoms with van der Waals surface area (Å²) in [5.74, 6) is 0.396. The Morgan fingerprint density at radius 3 is 2.48 bits per heavy atom. The van der Waals surface area contributed by atoms with E-state index in [1.54, 1.807) is 18.2 Å². The van der Waals surface area contributed by atoms with Crippen molar-refractivity contribution in [1.82, 2.24) is 4.90 Å². The number of rotatable bonds is 5. The first-order valence-corrected chi connectivity index (χ1v) is 8.42. The Labute approximate surface area is 142 Å². The molecule has 2 aromatic carbocycles. The first-order valence-electron chi connectivity index (χ1n) is 8.01. The average molecular weight is 328 g/mol. The Balaban J connectivity index is 1.77. The second kappa shape index (κ2) is 7.09. The second-order valence-electron chi connectivity index (χ2n) is 6.10. The van der Waals surface area contributed by atoms with Crippen molar-refractivity contribution < 1.29 is 4.39 Å². The molecule has 0 radical (unpaired) electrons. The summed E-state index contributed by atoms with van der Waals surface area (Å²) >= 11 is 5.59. The largest absolute Gasteiger partial charge is 0.342 e. The molecule has 120 valence electrons. The maximum atomic E-state index is 13.9. The van der Waals surface area contributed by atoms with Crippen LogP contribution in [0.2, 0.25) is 0 Å². The van der Waals surface area contributed by atoms with Gasteiger partial charge in [-0.15, -0.1) is 0 Å².